The summed E-state index contributed by atoms with van der Waals surface area (Å²) in [7, 11) is 2.29. The smallest absolute Gasteiger partial charge is 0.338 e. The van der Waals surface area contributed by atoms with Crippen molar-refractivity contribution in [3.8, 4) is 11.5 Å². The molecular formula is C34H52O8P2S4. The van der Waals surface area contributed by atoms with Crippen LogP contribution in [0.2, 0.25) is 0 Å². The summed E-state index contributed by atoms with van der Waals surface area (Å²) in [5.41, 5.74) is -6.33. The van der Waals surface area contributed by atoms with Crippen molar-refractivity contribution < 1.29 is 38.3 Å². The van der Waals surface area contributed by atoms with Gasteiger partial charge in [0.05, 0.1) is 14.2 Å². The van der Waals surface area contributed by atoms with Crippen molar-refractivity contribution in [2.45, 2.75) is 117 Å². The Morgan fingerprint density at radius 3 is 0.958 bits per heavy atom. The number of aromatic hydroxyl groups is 2. The maximum Gasteiger partial charge on any atom is 0.338 e. The highest BCUT2D eigenvalue weighted by molar-refractivity contribution is 8.64. The second kappa shape index (κ2) is 14.9. The van der Waals surface area contributed by atoms with Crippen LogP contribution < -0.4 is 10.6 Å². The SMILES string of the molecule is COC(=O)C(OP(=S)(S)c1cc(C(C)(C)C)c(O)c(C(C)(C)C)c1)C(OP(=S)(S)c1cc(C(C)(C)C)c(O)c(C(C)(C)C)c1)C(=O)OC. The average Bonchev–Trinajstić information content (AvgIpc) is 2.91. The third-order valence-corrected chi connectivity index (χ3v) is 14.3. The lowest BCUT2D eigenvalue weighted by molar-refractivity contribution is -0.164. The molecule has 48 heavy (non-hydrogen) atoms. The normalized spacial score (nSPS) is 16.8. The Kier molecular flexibility index (Phi) is 13.3. The molecule has 0 saturated carbocycles. The monoisotopic (exact) mass is 778 g/mol. The van der Waals surface area contributed by atoms with E-state index in [1.165, 1.54) is 0 Å². The molecule has 0 aliphatic rings. The van der Waals surface area contributed by atoms with Crippen molar-refractivity contribution in [2.24, 2.45) is 0 Å². The van der Waals surface area contributed by atoms with Crippen molar-refractivity contribution in [2.75, 3.05) is 14.2 Å². The number of carbonyl (C=O) groups is 2. The fourth-order valence-corrected chi connectivity index (χ4v) is 9.87. The molecule has 4 atom stereocenters. The molecule has 0 fully saturated rings. The van der Waals surface area contributed by atoms with E-state index in [-0.39, 0.29) is 11.5 Å². The molecule has 2 rings (SSSR count). The van der Waals surface area contributed by atoms with Crippen LogP contribution in [0.25, 0.3) is 0 Å². The number of ether oxygens (including phenoxy) is 2. The molecule has 14 heteroatoms. The van der Waals surface area contributed by atoms with E-state index in [9.17, 15) is 19.8 Å². The zero-order chi connectivity index (χ0) is 37.6. The van der Waals surface area contributed by atoms with Gasteiger partial charge in [-0.25, -0.2) is 9.59 Å². The van der Waals surface area contributed by atoms with Gasteiger partial charge in [-0.1, -0.05) is 107 Å². The minimum absolute atomic E-state index is 0.135. The van der Waals surface area contributed by atoms with Gasteiger partial charge in [0.25, 0.3) is 0 Å². The van der Waals surface area contributed by atoms with E-state index in [2.05, 4.69) is 0 Å². The van der Waals surface area contributed by atoms with Crippen molar-refractivity contribution in [1.29, 1.82) is 0 Å². The van der Waals surface area contributed by atoms with E-state index in [1.807, 2.05) is 83.1 Å². The Morgan fingerprint density at radius 1 is 0.583 bits per heavy atom. The van der Waals surface area contributed by atoms with Gasteiger partial charge in [-0.05, 0) is 45.9 Å². The molecule has 0 aliphatic heterocycles. The Bertz CT molecular complexity index is 1450. The van der Waals surface area contributed by atoms with Crippen molar-refractivity contribution in [3.63, 3.8) is 0 Å². The lowest BCUT2D eigenvalue weighted by atomic mass is 9.79. The van der Waals surface area contributed by atoms with Crippen LogP contribution in [0, 0.1) is 0 Å². The van der Waals surface area contributed by atoms with Crippen LogP contribution in [0.15, 0.2) is 24.3 Å². The van der Waals surface area contributed by atoms with Gasteiger partial charge in [-0.15, -0.1) is 24.5 Å². The molecule has 270 valence electrons. The fraction of sp³-hybridized carbons (Fsp3) is 0.588. The second-order valence-electron chi connectivity index (χ2n) is 15.9. The predicted molar refractivity (Wildman–Crippen MR) is 211 cm³/mol. The van der Waals surface area contributed by atoms with Crippen molar-refractivity contribution in [3.05, 3.63) is 46.5 Å². The van der Waals surface area contributed by atoms with Crippen LogP contribution in [0.5, 0.6) is 11.5 Å². The first kappa shape index (κ1) is 43.1. The summed E-state index contributed by atoms with van der Waals surface area (Å²) in [5.74, 6) is -1.65. The van der Waals surface area contributed by atoms with Gasteiger partial charge in [0, 0.05) is 32.9 Å². The fourth-order valence-electron chi connectivity index (χ4n) is 4.96. The van der Waals surface area contributed by atoms with Crippen LogP contribution in [0.1, 0.15) is 105 Å². The zero-order valence-electron chi connectivity index (χ0n) is 30.4. The van der Waals surface area contributed by atoms with Gasteiger partial charge in [0.15, 0.2) is 12.2 Å². The Morgan fingerprint density at radius 2 is 0.792 bits per heavy atom. The number of esters is 2. The summed E-state index contributed by atoms with van der Waals surface area (Å²) in [5, 5.41) is 23.5. The number of hydrogen-bond acceptors (Lipinski definition) is 10. The summed E-state index contributed by atoms with van der Waals surface area (Å²) in [4.78, 5) is 26.8. The van der Waals surface area contributed by atoms with Gasteiger partial charge < -0.3 is 28.7 Å². The number of thiol groups is 2. The van der Waals surface area contributed by atoms with Crippen LogP contribution >= 0.6 is 35.4 Å². The van der Waals surface area contributed by atoms with Crippen molar-refractivity contribution >= 4 is 81.6 Å². The molecular weight excluding hydrogens is 727 g/mol. The van der Waals surface area contributed by atoms with Gasteiger partial charge in [-0.2, -0.15) is 0 Å². The maximum atomic E-state index is 13.4. The van der Waals surface area contributed by atoms with Crippen molar-refractivity contribution in [1.82, 2.24) is 0 Å². The molecule has 0 heterocycles. The van der Waals surface area contributed by atoms with Crippen LogP contribution in [0.3, 0.4) is 0 Å². The highest BCUT2D eigenvalue weighted by atomic mass is 32.9. The molecule has 2 N–H and O–H groups in total. The van der Waals surface area contributed by atoms with Crippen LogP contribution in [0.4, 0.5) is 0 Å². The molecule has 0 amide bonds. The molecule has 0 spiro atoms. The molecule has 2 aromatic carbocycles. The Hall–Kier alpha value is -1.10. The molecule has 0 aliphatic carbocycles. The molecule has 0 bridgehead atoms. The van der Waals surface area contributed by atoms with Crippen LogP contribution in [-0.2, 0) is 73.4 Å². The Balaban J connectivity index is 2.81. The summed E-state index contributed by atoms with van der Waals surface area (Å²) in [6.07, 6.45) is -3.49. The number of rotatable bonds is 9. The first-order valence-electron chi connectivity index (χ1n) is 15.3. The largest absolute Gasteiger partial charge is 0.507 e. The number of carbonyl (C=O) groups excluding carboxylic acids is 2. The summed E-state index contributed by atoms with van der Waals surface area (Å²) in [6, 6.07) is 6.90. The molecule has 0 aromatic heterocycles. The predicted octanol–water partition coefficient (Wildman–Crippen LogP) is 7.83. The third kappa shape index (κ3) is 10.0. The number of methoxy groups -OCH3 is 2. The van der Waals surface area contributed by atoms with E-state index in [0.717, 1.165) is 14.2 Å². The lowest BCUT2D eigenvalue weighted by Crippen LogP contribution is -2.44. The standard InChI is InChI=1S/C34H52O8P2S4/c1-31(2,3)21-15-19(16-22(25(21)35)32(4,5)6)43(45,46)41-27(29(37)39-13)28(30(38)40-14)42-44(47,48)20-17-23(33(7,8)9)26(36)24(18-20)34(10,11)12/h15-18,27-28,35-36H,1-14H3,(H,45,46)(H,47,48). The summed E-state index contributed by atoms with van der Waals surface area (Å²) < 4.78 is 22.7. The van der Waals surface area contributed by atoms with Gasteiger partial charge in [-0.3, -0.25) is 0 Å². The van der Waals surface area contributed by atoms with Gasteiger partial charge in [0.1, 0.15) is 22.4 Å². The van der Waals surface area contributed by atoms with Crippen LogP contribution in [-0.4, -0.2) is 48.6 Å². The highest BCUT2D eigenvalue weighted by Crippen LogP contribution is 2.58. The quantitative estimate of drug-likeness (QED) is 0.114. The number of hydrogen-bond donors (Lipinski definition) is 4. The summed E-state index contributed by atoms with van der Waals surface area (Å²) >= 11 is 21.5. The van der Waals surface area contributed by atoms with E-state index < -0.39 is 56.7 Å². The van der Waals surface area contributed by atoms with E-state index in [0.29, 0.717) is 32.9 Å². The molecule has 4 unspecified atom stereocenters. The van der Waals surface area contributed by atoms with Gasteiger partial charge in [0.2, 0.25) is 0 Å². The maximum absolute atomic E-state index is 13.4. The van der Waals surface area contributed by atoms with Gasteiger partial charge >= 0.3 is 11.9 Å². The summed E-state index contributed by atoms with van der Waals surface area (Å²) in [6.45, 7) is 23.5. The number of phenolic OH excluding ortho intramolecular Hbond substituents is 2. The Labute approximate surface area is 307 Å². The highest BCUT2D eigenvalue weighted by Gasteiger charge is 2.44. The van der Waals surface area contributed by atoms with E-state index in [4.69, 9.17) is 66.6 Å². The first-order valence-corrected chi connectivity index (χ1v) is 23.1. The number of phenols is 2. The molecule has 2 aromatic rings. The second-order valence-corrected chi connectivity index (χ2v) is 27.5. The third-order valence-electron chi connectivity index (χ3n) is 7.73. The van der Waals surface area contributed by atoms with E-state index in [1.54, 1.807) is 24.3 Å². The topological polar surface area (TPSA) is 112 Å². The first-order chi connectivity index (χ1) is 21.4. The molecule has 0 radical (unpaired) electrons. The zero-order valence-corrected chi connectivity index (χ0v) is 35.6. The number of benzene rings is 2. The molecule has 0 saturated heterocycles. The lowest BCUT2D eigenvalue weighted by Gasteiger charge is -2.33. The minimum atomic E-state index is -3.44. The van der Waals surface area contributed by atoms with E-state index >= 15 is 0 Å². The average molecular weight is 779 g/mol. The minimum Gasteiger partial charge on any atom is -0.507 e. The molecule has 8 nitrogen and oxygen atoms in total.